The van der Waals surface area contributed by atoms with Gasteiger partial charge < -0.3 is 5.32 Å². The zero-order valence-electron chi connectivity index (χ0n) is 18.4. The predicted octanol–water partition coefficient (Wildman–Crippen LogP) is 4.19. The minimum Gasteiger partial charge on any atom is -0.348 e. The van der Waals surface area contributed by atoms with Crippen molar-refractivity contribution in [2.75, 3.05) is 6.61 Å². The van der Waals surface area contributed by atoms with E-state index < -0.39 is 5.82 Å². The standard InChI is InChI=1S/C26H26FN3O3/c27-22-11-18(14-28)10-21(13-22)24-7-8-33-30(24)26(32)19-4-1-16(2-5-19)9-17-3-6-20-15-29-25(31)23(20)12-17/h3,6,10-13,16,19,24H,1-2,4-5,7-9,15H2,(H,29,31)/t16-,19-,24-/m0/s1. The minimum absolute atomic E-state index is 0.00140. The molecule has 170 valence electrons. The lowest BCUT2D eigenvalue weighted by molar-refractivity contribution is -0.183. The van der Waals surface area contributed by atoms with E-state index in [2.05, 4.69) is 11.4 Å². The topological polar surface area (TPSA) is 82.4 Å². The van der Waals surface area contributed by atoms with Gasteiger partial charge in [-0.15, -0.1) is 0 Å². The van der Waals surface area contributed by atoms with Crippen LogP contribution in [0.2, 0.25) is 0 Å². The number of nitriles is 1. The van der Waals surface area contributed by atoms with Crippen molar-refractivity contribution in [1.29, 1.82) is 5.26 Å². The summed E-state index contributed by atoms with van der Waals surface area (Å²) in [6.45, 7) is 1.00. The van der Waals surface area contributed by atoms with Gasteiger partial charge in [0.1, 0.15) is 5.82 Å². The van der Waals surface area contributed by atoms with Gasteiger partial charge in [-0.05, 0) is 79.0 Å². The number of carbonyl (C=O) groups excluding carboxylic acids is 2. The molecule has 1 aliphatic carbocycles. The highest BCUT2D eigenvalue weighted by molar-refractivity contribution is 5.98. The van der Waals surface area contributed by atoms with E-state index in [1.807, 2.05) is 18.2 Å². The van der Waals surface area contributed by atoms with Crippen molar-refractivity contribution in [3.05, 3.63) is 70.0 Å². The smallest absolute Gasteiger partial charge is 0.251 e. The van der Waals surface area contributed by atoms with Gasteiger partial charge in [0.05, 0.1) is 24.3 Å². The molecule has 2 amide bonds. The Morgan fingerprint density at radius 3 is 2.76 bits per heavy atom. The summed E-state index contributed by atoms with van der Waals surface area (Å²) in [6, 6.07) is 12.0. The lowest BCUT2D eigenvalue weighted by atomic mass is 9.78. The summed E-state index contributed by atoms with van der Waals surface area (Å²) in [5.41, 5.74) is 3.85. The second-order valence-electron chi connectivity index (χ2n) is 9.28. The van der Waals surface area contributed by atoms with Gasteiger partial charge in [0.2, 0.25) is 5.91 Å². The summed E-state index contributed by atoms with van der Waals surface area (Å²) in [7, 11) is 0. The lowest BCUT2D eigenvalue weighted by Gasteiger charge is -2.32. The number of hydrogen-bond donors (Lipinski definition) is 1. The fourth-order valence-corrected chi connectivity index (χ4v) is 5.37. The number of rotatable bonds is 4. The quantitative estimate of drug-likeness (QED) is 0.762. The van der Waals surface area contributed by atoms with Crippen LogP contribution in [0.1, 0.15) is 70.8 Å². The molecular weight excluding hydrogens is 421 g/mol. The summed E-state index contributed by atoms with van der Waals surface area (Å²) in [5, 5.41) is 13.4. The Hall–Kier alpha value is -3.24. The SMILES string of the molecule is N#Cc1cc(F)cc([C@@H]2CCON2C(=O)[C@H]2CC[C@H](Cc3ccc4c(c3)C(=O)NC4)CC2)c1. The summed E-state index contributed by atoms with van der Waals surface area (Å²) < 4.78 is 14.0. The Morgan fingerprint density at radius 1 is 1.15 bits per heavy atom. The van der Waals surface area contributed by atoms with Crippen molar-refractivity contribution in [3.63, 3.8) is 0 Å². The van der Waals surface area contributed by atoms with Gasteiger partial charge in [0.25, 0.3) is 5.91 Å². The molecule has 0 spiro atoms. The van der Waals surface area contributed by atoms with Crippen LogP contribution >= 0.6 is 0 Å². The molecule has 2 fully saturated rings. The van der Waals surface area contributed by atoms with Crippen molar-refractivity contribution in [2.24, 2.45) is 11.8 Å². The van der Waals surface area contributed by atoms with E-state index in [1.165, 1.54) is 22.8 Å². The van der Waals surface area contributed by atoms with Gasteiger partial charge in [-0.25, -0.2) is 9.45 Å². The minimum atomic E-state index is -0.479. The highest BCUT2D eigenvalue weighted by atomic mass is 19.1. The molecule has 2 aromatic rings. The Kier molecular flexibility index (Phi) is 5.86. The second-order valence-corrected chi connectivity index (χ2v) is 9.28. The predicted molar refractivity (Wildman–Crippen MR) is 118 cm³/mol. The molecule has 33 heavy (non-hydrogen) atoms. The number of carbonyl (C=O) groups is 2. The van der Waals surface area contributed by atoms with Crippen LogP contribution in [0.15, 0.2) is 36.4 Å². The average molecular weight is 448 g/mol. The molecular formula is C26H26FN3O3. The Morgan fingerprint density at radius 2 is 1.97 bits per heavy atom. The maximum atomic E-state index is 14.0. The number of nitrogens with zero attached hydrogens (tertiary/aromatic N) is 2. The zero-order valence-corrected chi connectivity index (χ0v) is 18.4. The van der Waals surface area contributed by atoms with Gasteiger partial charge in [0.15, 0.2) is 0 Å². The summed E-state index contributed by atoms with van der Waals surface area (Å²) >= 11 is 0. The van der Waals surface area contributed by atoms with E-state index in [-0.39, 0.29) is 29.3 Å². The molecule has 6 nitrogen and oxygen atoms in total. The van der Waals surface area contributed by atoms with E-state index in [1.54, 1.807) is 6.07 Å². The summed E-state index contributed by atoms with van der Waals surface area (Å²) in [5.74, 6) is -0.160. The van der Waals surface area contributed by atoms with Crippen LogP contribution in [0.3, 0.4) is 0 Å². The molecule has 3 aliphatic rings. The average Bonchev–Trinajstić information content (AvgIpc) is 3.46. The van der Waals surface area contributed by atoms with E-state index in [0.29, 0.717) is 31.1 Å². The largest absolute Gasteiger partial charge is 0.348 e. The first-order chi connectivity index (χ1) is 16.0. The van der Waals surface area contributed by atoms with Crippen LogP contribution < -0.4 is 5.32 Å². The molecule has 5 rings (SSSR count). The van der Waals surface area contributed by atoms with Gasteiger partial charge in [-0.3, -0.25) is 14.4 Å². The number of hydroxylamine groups is 2. The Bertz CT molecular complexity index is 1130. The first-order valence-corrected chi connectivity index (χ1v) is 11.6. The van der Waals surface area contributed by atoms with E-state index >= 15 is 0 Å². The molecule has 7 heteroatoms. The van der Waals surface area contributed by atoms with Crippen LogP contribution in [0.25, 0.3) is 0 Å². The molecule has 0 bridgehead atoms. The number of hydrogen-bond acceptors (Lipinski definition) is 4. The fourth-order valence-electron chi connectivity index (χ4n) is 5.37. The monoisotopic (exact) mass is 447 g/mol. The molecule has 1 saturated carbocycles. The zero-order chi connectivity index (χ0) is 22.9. The summed E-state index contributed by atoms with van der Waals surface area (Å²) in [4.78, 5) is 30.8. The molecule has 0 unspecified atom stereocenters. The van der Waals surface area contributed by atoms with Gasteiger partial charge in [-0.2, -0.15) is 5.26 Å². The van der Waals surface area contributed by atoms with Crippen molar-refractivity contribution < 1.29 is 18.8 Å². The molecule has 0 radical (unpaired) electrons. The Balaban J connectivity index is 1.21. The maximum absolute atomic E-state index is 14.0. The van der Waals surface area contributed by atoms with E-state index in [4.69, 9.17) is 10.1 Å². The van der Waals surface area contributed by atoms with Crippen LogP contribution in [0.5, 0.6) is 0 Å². The number of halogens is 1. The number of amides is 2. The normalized spacial score (nSPS) is 24.3. The van der Waals surface area contributed by atoms with Crippen LogP contribution in [0.4, 0.5) is 4.39 Å². The molecule has 1 saturated heterocycles. The van der Waals surface area contributed by atoms with Crippen molar-refractivity contribution >= 4 is 11.8 Å². The molecule has 0 aromatic heterocycles. The summed E-state index contributed by atoms with van der Waals surface area (Å²) in [6.07, 6.45) is 4.95. The number of benzene rings is 2. The molecule has 2 aliphatic heterocycles. The second kappa shape index (κ2) is 8.95. The third-order valence-corrected chi connectivity index (χ3v) is 7.13. The highest BCUT2D eigenvalue weighted by Crippen LogP contribution is 2.37. The van der Waals surface area contributed by atoms with Crippen LogP contribution in [0, 0.1) is 29.0 Å². The first kappa shape index (κ1) is 21.6. The van der Waals surface area contributed by atoms with Gasteiger partial charge in [0, 0.05) is 24.4 Å². The maximum Gasteiger partial charge on any atom is 0.251 e. The lowest BCUT2D eigenvalue weighted by Crippen LogP contribution is -2.36. The third-order valence-electron chi connectivity index (χ3n) is 7.13. The van der Waals surface area contributed by atoms with Crippen LogP contribution in [-0.4, -0.2) is 23.5 Å². The van der Waals surface area contributed by atoms with E-state index in [9.17, 15) is 14.0 Å². The van der Waals surface area contributed by atoms with Crippen LogP contribution in [-0.2, 0) is 22.6 Å². The molecule has 1 N–H and O–H groups in total. The molecule has 1 atom stereocenters. The van der Waals surface area contributed by atoms with Crippen molar-refractivity contribution in [2.45, 2.75) is 51.1 Å². The van der Waals surface area contributed by atoms with E-state index in [0.717, 1.165) is 43.2 Å². The van der Waals surface area contributed by atoms with Crippen molar-refractivity contribution in [1.82, 2.24) is 10.4 Å². The van der Waals surface area contributed by atoms with Gasteiger partial charge >= 0.3 is 0 Å². The number of nitrogens with one attached hydrogen (secondary N) is 1. The first-order valence-electron chi connectivity index (χ1n) is 11.6. The van der Waals surface area contributed by atoms with Crippen molar-refractivity contribution in [3.8, 4) is 6.07 Å². The molecule has 2 heterocycles. The highest BCUT2D eigenvalue weighted by Gasteiger charge is 2.37. The molecule has 2 aromatic carbocycles. The fraction of sp³-hybridized carbons (Fsp3) is 0.423. The third kappa shape index (κ3) is 4.36. The van der Waals surface area contributed by atoms with Gasteiger partial charge in [-0.1, -0.05) is 12.1 Å². The Labute approximate surface area is 192 Å². The number of fused-ring (bicyclic) bond motifs is 1.